The zero-order valence-corrected chi connectivity index (χ0v) is 12.7. The second-order valence-electron chi connectivity index (χ2n) is 5.37. The molecule has 0 aromatic heterocycles. The zero-order valence-electron chi connectivity index (χ0n) is 11.9. The van der Waals surface area contributed by atoms with Crippen LogP contribution in [-0.2, 0) is 10.0 Å². The van der Waals surface area contributed by atoms with E-state index in [4.69, 9.17) is 0 Å². The molecular formula is C14H20N2O4S. The van der Waals surface area contributed by atoms with E-state index in [1.807, 2.05) is 0 Å². The molecule has 1 amide bonds. The van der Waals surface area contributed by atoms with Crippen LogP contribution >= 0.6 is 0 Å². The topological polar surface area (TPSA) is 95.5 Å². The molecule has 0 atom stereocenters. The van der Waals surface area contributed by atoms with Gasteiger partial charge in [-0.05, 0) is 37.1 Å². The molecule has 1 aromatic rings. The summed E-state index contributed by atoms with van der Waals surface area (Å²) < 4.78 is 25.9. The number of carbonyl (C=O) groups excluding carboxylic acids is 1. The molecule has 7 heteroatoms. The van der Waals surface area contributed by atoms with Gasteiger partial charge in [-0.25, -0.2) is 13.1 Å². The van der Waals surface area contributed by atoms with Crippen molar-refractivity contribution in [2.45, 2.75) is 24.7 Å². The van der Waals surface area contributed by atoms with Crippen molar-refractivity contribution in [3.8, 4) is 0 Å². The summed E-state index contributed by atoms with van der Waals surface area (Å²) >= 11 is 0. The molecule has 1 aliphatic rings. The number of rotatable bonds is 7. The van der Waals surface area contributed by atoms with E-state index >= 15 is 0 Å². The van der Waals surface area contributed by atoms with Crippen molar-refractivity contribution in [1.29, 1.82) is 0 Å². The van der Waals surface area contributed by atoms with E-state index in [0.717, 1.165) is 12.8 Å². The Balaban J connectivity index is 2.00. The maximum absolute atomic E-state index is 12.0. The third-order valence-corrected chi connectivity index (χ3v) is 5.24. The van der Waals surface area contributed by atoms with Crippen LogP contribution in [-0.4, -0.2) is 39.1 Å². The molecule has 1 fully saturated rings. The van der Waals surface area contributed by atoms with Gasteiger partial charge < -0.3 is 10.4 Å². The first-order chi connectivity index (χ1) is 9.92. The molecule has 0 unspecified atom stereocenters. The molecule has 0 radical (unpaired) electrons. The maximum atomic E-state index is 12.0. The van der Waals surface area contributed by atoms with E-state index in [0.29, 0.717) is 18.7 Å². The highest BCUT2D eigenvalue weighted by Gasteiger charge is 2.42. The van der Waals surface area contributed by atoms with Gasteiger partial charge in [-0.15, -0.1) is 0 Å². The average molecular weight is 312 g/mol. The summed E-state index contributed by atoms with van der Waals surface area (Å²) in [5, 5.41) is 12.0. The van der Waals surface area contributed by atoms with Crippen LogP contribution in [0.3, 0.4) is 0 Å². The first kappa shape index (κ1) is 15.9. The molecule has 1 aliphatic carbocycles. The second kappa shape index (κ2) is 6.13. The number of amides is 1. The number of aliphatic hydroxyl groups is 1. The Morgan fingerprint density at radius 2 is 1.90 bits per heavy atom. The minimum atomic E-state index is -3.50. The summed E-state index contributed by atoms with van der Waals surface area (Å²) in [6.45, 7) is 2.54. The van der Waals surface area contributed by atoms with Crippen LogP contribution in [0.25, 0.3) is 0 Å². The largest absolute Gasteiger partial charge is 0.396 e. The van der Waals surface area contributed by atoms with Gasteiger partial charge in [-0.1, -0.05) is 6.92 Å². The van der Waals surface area contributed by atoms with E-state index in [1.54, 1.807) is 6.92 Å². The lowest BCUT2D eigenvalue weighted by Gasteiger charge is -2.13. The highest BCUT2D eigenvalue weighted by atomic mass is 32.2. The Morgan fingerprint density at radius 3 is 2.38 bits per heavy atom. The van der Waals surface area contributed by atoms with Crippen molar-refractivity contribution >= 4 is 15.9 Å². The number of benzene rings is 1. The smallest absolute Gasteiger partial charge is 0.251 e. The molecule has 116 valence electrons. The Kier molecular flexibility index (Phi) is 4.65. The van der Waals surface area contributed by atoms with Crippen LogP contribution in [0.2, 0.25) is 0 Å². The molecule has 3 N–H and O–H groups in total. The molecule has 0 heterocycles. The molecule has 6 nitrogen and oxygen atoms in total. The average Bonchev–Trinajstić information content (AvgIpc) is 3.25. The molecule has 0 saturated heterocycles. The lowest BCUT2D eigenvalue weighted by Crippen LogP contribution is -2.31. The summed E-state index contributed by atoms with van der Waals surface area (Å²) in [6, 6.07) is 5.79. The lowest BCUT2D eigenvalue weighted by molar-refractivity contribution is 0.0935. The van der Waals surface area contributed by atoms with Gasteiger partial charge in [0.05, 0.1) is 11.5 Å². The predicted octanol–water partition coefficient (Wildman–Crippen LogP) is 0.487. The number of sulfonamides is 1. The molecule has 2 rings (SSSR count). The number of carbonyl (C=O) groups is 1. The number of aliphatic hydroxyl groups excluding tert-OH is 1. The normalized spacial score (nSPS) is 16.5. The van der Waals surface area contributed by atoms with Gasteiger partial charge in [-0.3, -0.25) is 4.79 Å². The maximum Gasteiger partial charge on any atom is 0.251 e. The van der Waals surface area contributed by atoms with E-state index in [2.05, 4.69) is 10.0 Å². The summed E-state index contributed by atoms with van der Waals surface area (Å²) in [7, 11) is -3.50. The summed E-state index contributed by atoms with van der Waals surface area (Å²) in [5.74, 6) is -0.262. The van der Waals surface area contributed by atoms with Crippen LogP contribution in [0.4, 0.5) is 0 Å². The van der Waals surface area contributed by atoms with Crippen molar-refractivity contribution < 1.29 is 18.3 Å². The fourth-order valence-corrected chi connectivity index (χ4v) is 3.04. The first-order valence-corrected chi connectivity index (χ1v) is 8.39. The van der Waals surface area contributed by atoms with Gasteiger partial charge in [-0.2, -0.15) is 0 Å². The van der Waals surface area contributed by atoms with Crippen LogP contribution in [0.15, 0.2) is 29.2 Å². The van der Waals surface area contributed by atoms with Crippen molar-refractivity contribution in [2.75, 3.05) is 19.7 Å². The van der Waals surface area contributed by atoms with E-state index < -0.39 is 10.0 Å². The van der Waals surface area contributed by atoms with Crippen LogP contribution in [0, 0.1) is 5.41 Å². The third kappa shape index (κ3) is 3.81. The zero-order chi connectivity index (χ0) is 15.5. The molecule has 1 aromatic carbocycles. The van der Waals surface area contributed by atoms with Gasteiger partial charge in [0.25, 0.3) is 5.91 Å². The van der Waals surface area contributed by atoms with Gasteiger partial charge in [0.2, 0.25) is 10.0 Å². The number of nitrogens with one attached hydrogen (secondary N) is 2. The molecule has 21 heavy (non-hydrogen) atoms. The SMILES string of the molecule is CCNS(=O)(=O)c1ccc(C(=O)NCC2(CO)CC2)cc1. The van der Waals surface area contributed by atoms with Crippen molar-refractivity contribution in [3.63, 3.8) is 0 Å². The molecule has 0 spiro atoms. The van der Waals surface area contributed by atoms with E-state index in [-0.39, 0.29) is 22.8 Å². The number of hydrogen-bond donors (Lipinski definition) is 3. The van der Waals surface area contributed by atoms with Gasteiger partial charge in [0.15, 0.2) is 0 Å². The Hall–Kier alpha value is -1.44. The van der Waals surface area contributed by atoms with Crippen LogP contribution in [0.5, 0.6) is 0 Å². The molecule has 0 aliphatic heterocycles. The molecule has 1 saturated carbocycles. The predicted molar refractivity (Wildman–Crippen MR) is 78.4 cm³/mol. The van der Waals surface area contributed by atoms with Gasteiger partial charge in [0, 0.05) is 24.1 Å². The monoisotopic (exact) mass is 312 g/mol. The first-order valence-electron chi connectivity index (χ1n) is 6.91. The van der Waals surface area contributed by atoms with E-state index in [1.165, 1.54) is 24.3 Å². The summed E-state index contributed by atoms with van der Waals surface area (Å²) in [6.07, 6.45) is 1.84. The van der Waals surface area contributed by atoms with Gasteiger partial charge >= 0.3 is 0 Å². The van der Waals surface area contributed by atoms with Gasteiger partial charge in [0.1, 0.15) is 0 Å². The second-order valence-corrected chi connectivity index (χ2v) is 7.13. The Morgan fingerprint density at radius 1 is 1.29 bits per heavy atom. The quantitative estimate of drug-likeness (QED) is 0.683. The Labute approximate surface area is 124 Å². The Bertz CT molecular complexity index is 606. The minimum Gasteiger partial charge on any atom is -0.396 e. The molecule has 0 bridgehead atoms. The van der Waals surface area contributed by atoms with Crippen molar-refractivity contribution in [3.05, 3.63) is 29.8 Å². The standard InChI is InChI=1S/C14H20N2O4S/c1-2-16-21(19,20)12-5-3-11(4-6-12)13(18)15-9-14(10-17)7-8-14/h3-6,16-17H,2,7-10H2,1H3,(H,15,18). The minimum absolute atomic E-state index is 0.0765. The van der Waals surface area contributed by atoms with Crippen LogP contribution < -0.4 is 10.0 Å². The number of hydrogen-bond acceptors (Lipinski definition) is 4. The fourth-order valence-electron chi connectivity index (χ4n) is 2.00. The summed E-state index contributed by atoms with van der Waals surface area (Å²) in [4.78, 5) is 12.1. The van der Waals surface area contributed by atoms with Crippen molar-refractivity contribution in [1.82, 2.24) is 10.0 Å². The van der Waals surface area contributed by atoms with Crippen LogP contribution in [0.1, 0.15) is 30.1 Å². The highest BCUT2D eigenvalue weighted by Crippen LogP contribution is 2.44. The molecular weight excluding hydrogens is 292 g/mol. The fraction of sp³-hybridized carbons (Fsp3) is 0.500. The third-order valence-electron chi connectivity index (χ3n) is 3.68. The lowest BCUT2D eigenvalue weighted by atomic mass is 10.1. The highest BCUT2D eigenvalue weighted by molar-refractivity contribution is 7.89. The summed E-state index contributed by atoms with van der Waals surface area (Å²) in [5.41, 5.74) is 0.253. The van der Waals surface area contributed by atoms with Crippen molar-refractivity contribution in [2.24, 2.45) is 5.41 Å². The van der Waals surface area contributed by atoms with E-state index in [9.17, 15) is 18.3 Å².